The van der Waals surface area contributed by atoms with Crippen molar-refractivity contribution < 1.29 is 10.0 Å². The molecule has 1 unspecified atom stereocenters. The summed E-state index contributed by atoms with van der Waals surface area (Å²) in [6.07, 6.45) is 0.972. The number of amides is 1. The van der Waals surface area contributed by atoms with Crippen LogP contribution < -0.4 is 10.8 Å². The molecule has 0 saturated heterocycles. The molecule has 0 aliphatic carbocycles. The van der Waals surface area contributed by atoms with Crippen molar-refractivity contribution in [2.75, 3.05) is 6.54 Å². The molecule has 25 heavy (non-hydrogen) atoms. The monoisotopic (exact) mass is 418 g/mol. The number of benzene rings is 2. The average Bonchev–Trinajstić information content (AvgIpc) is 3.05. The fraction of sp³-hybridized carbons (Fsp3) is 0.211. The van der Waals surface area contributed by atoms with Crippen LogP contribution in [0.2, 0.25) is 0 Å². The summed E-state index contributed by atoms with van der Waals surface area (Å²) in [6.45, 7) is 3.03. The van der Waals surface area contributed by atoms with E-state index in [-0.39, 0.29) is 6.04 Å². The fourth-order valence-electron chi connectivity index (χ4n) is 2.69. The molecule has 1 atom stereocenters. The second-order valence-corrected chi connectivity index (χ2v) is 7.90. The highest BCUT2D eigenvalue weighted by atomic mass is 79.9. The molecule has 1 amide bonds. The Morgan fingerprint density at radius 1 is 1.20 bits per heavy atom. The van der Waals surface area contributed by atoms with Crippen molar-refractivity contribution in [3.63, 3.8) is 0 Å². The first-order chi connectivity index (χ1) is 12.1. The van der Waals surface area contributed by atoms with E-state index in [0.717, 1.165) is 27.5 Å². The zero-order valence-corrected chi connectivity index (χ0v) is 16.2. The first kappa shape index (κ1) is 18.1. The van der Waals surface area contributed by atoms with Gasteiger partial charge in [0.25, 0.3) is 5.91 Å². The summed E-state index contributed by atoms with van der Waals surface area (Å²) in [6, 6.07) is 16.6. The minimum absolute atomic E-state index is 0.220. The zero-order chi connectivity index (χ0) is 17.8. The van der Waals surface area contributed by atoms with E-state index in [4.69, 9.17) is 5.21 Å². The highest BCUT2D eigenvalue weighted by Gasteiger charge is 2.11. The summed E-state index contributed by atoms with van der Waals surface area (Å²) in [5.41, 5.74) is 4.17. The second-order valence-electron chi connectivity index (χ2n) is 5.90. The van der Waals surface area contributed by atoms with E-state index >= 15 is 0 Å². The third kappa shape index (κ3) is 4.46. The number of rotatable bonds is 6. The zero-order valence-electron chi connectivity index (χ0n) is 13.8. The molecule has 0 fully saturated rings. The molecule has 4 nitrogen and oxygen atoms in total. The molecule has 0 bridgehead atoms. The molecular weight excluding hydrogens is 400 g/mol. The normalized spacial score (nSPS) is 12.3. The summed E-state index contributed by atoms with van der Waals surface area (Å²) >= 11 is 4.83. The minimum Gasteiger partial charge on any atom is -0.310 e. The molecular formula is C19H19BrN2O2S. The topological polar surface area (TPSA) is 61.4 Å². The van der Waals surface area contributed by atoms with E-state index in [0.29, 0.717) is 4.88 Å². The van der Waals surface area contributed by atoms with Crippen molar-refractivity contribution in [3.8, 4) is 0 Å². The highest BCUT2D eigenvalue weighted by molar-refractivity contribution is 9.10. The van der Waals surface area contributed by atoms with Gasteiger partial charge in [-0.15, -0.1) is 11.3 Å². The lowest BCUT2D eigenvalue weighted by Gasteiger charge is -2.14. The lowest BCUT2D eigenvalue weighted by atomic mass is 10.1. The number of halogens is 1. The lowest BCUT2D eigenvalue weighted by molar-refractivity contribution is 0.0711. The van der Waals surface area contributed by atoms with E-state index in [9.17, 15) is 4.79 Å². The average molecular weight is 419 g/mol. The van der Waals surface area contributed by atoms with Crippen LogP contribution in [0, 0.1) is 0 Å². The van der Waals surface area contributed by atoms with Gasteiger partial charge in [0.2, 0.25) is 0 Å². The van der Waals surface area contributed by atoms with Crippen molar-refractivity contribution in [1.29, 1.82) is 0 Å². The molecule has 0 radical (unpaired) electrons. The summed E-state index contributed by atoms with van der Waals surface area (Å²) in [5, 5.41) is 13.3. The number of carbonyl (C=O) groups excluding carboxylic acids is 1. The molecule has 0 aliphatic heterocycles. The SMILES string of the molecule is CC(NCCc1ccc(Br)cc1)c1ccc2cc(C(=O)NO)sc2c1. The van der Waals surface area contributed by atoms with Gasteiger partial charge in [0, 0.05) is 15.2 Å². The van der Waals surface area contributed by atoms with Crippen LogP contribution in [0.25, 0.3) is 10.1 Å². The molecule has 130 valence electrons. The van der Waals surface area contributed by atoms with Crippen molar-refractivity contribution in [3.05, 3.63) is 69.0 Å². The Kier molecular flexibility index (Phi) is 5.86. The number of thiophene rings is 1. The Morgan fingerprint density at radius 2 is 1.96 bits per heavy atom. The highest BCUT2D eigenvalue weighted by Crippen LogP contribution is 2.28. The Hall–Kier alpha value is -1.73. The summed E-state index contributed by atoms with van der Waals surface area (Å²) in [4.78, 5) is 12.0. The Labute approximate surface area is 159 Å². The van der Waals surface area contributed by atoms with Gasteiger partial charge in [0.1, 0.15) is 0 Å². The van der Waals surface area contributed by atoms with Crippen LogP contribution in [0.4, 0.5) is 0 Å². The van der Waals surface area contributed by atoms with Crippen LogP contribution in [0.3, 0.4) is 0 Å². The first-order valence-electron chi connectivity index (χ1n) is 8.02. The maximum atomic E-state index is 11.5. The van der Waals surface area contributed by atoms with Gasteiger partial charge in [0.15, 0.2) is 0 Å². The minimum atomic E-state index is -0.469. The third-order valence-corrected chi connectivity index (χ3v) is 5.77. The molecule has 0 saturated carbocycles. The maximum Gasteiger partial charge on any atom is 0.284 e. The van der Waals surface area contributed by atoms with Crippen LogP contribution in [0.15, 0.2) is 53.0 Å². The van der Waals surface area contributed by atoms with Crippen LogP contribution in [0.1, 0.15) is 33.8 Å². The predicted molar refractivity (Wildman–Crippen MR) is 105 cm³/mol. The Bertz CT molecular complexity index is 877. The Balaban J connectivity index is 1.64. The van der Waals surface area contributed by atoms with Gasteiger partial charge in [0.05, 0.1) is 4.88 Å². The number of nitrogens with one attached hydrogen (secondary N) is 2. The molecule has 3 rings (SSSR count). The number of hydrogen-bond donors (Lipinski definition) is 3. The van der Waals surface area contributed by atoms with Crippen LogP contribution in [0.5, 0.6) is 0 Å². The summed E-state index contributed by atoms with van der Waals surface area (Å²) in [7, 11) is 0. The summed E-state index contributed by atoms with van der Waals surface area (Å²) in [5.74, 6) is -0.469. The molecule has 2 aromatic carbocycles. The van der Waals surface area contributed by atoms with Crippen molar-refractivity contribution in [2.24, 2.45) is 0 Å². The molecule has 3 aromatic rings. The lowest BCUT2D eigenvalue weighted by Crippen LogP contribution is -2.21. The van der Waals surface area contributed by atoms with Gasteiger partial charge in [-0.05, 0) is 60.7 Å². The van der Waals surface area contributed by atoms with E-state index < -0.39 is 5.91 Å². The number of carbonyl (C=O) groups is 1. The standard InChI is InChI=1S/C19H19BrN2O2S/c1-12(21-9-8-13-2-6-16(20)7-3-13)14-4-5-15-11-18(19(23)22-24)25-17(15)10-14/h2-7,10-12,21,24H,8-9H2,1H3,(H,22,23). The van der Waals surface area contributed by atoms with Gasteiger partial charge in [-0.2, -0.15) is 0 Å². The smallest absolute Gasteiger partial charge is 0.284 e. The van der Waals surface area contributed by atoms with Crippen molar-refractivity contribution >= 4 is 43.3 Å². The molecule has 6 heteroatoms. The van der Waals surface area contributed by atoms with Gasteiger partial charge in [-0.25, -0.2) is 5.48 Å². The molecule has 1 aromatic heterocycles. The van der Waals surface area contributed by atoms with Crippen LogP contribution in [-0.4, -0.2) is 17.7 Å². The van der Waals surface area contributed by atoms with Gasteiger partial charge < -0.3 is 5.32 Å². The number of hydroxylamine groups is 1. The Morgan fingerprint density at radius 3 is 2.68 bits per heavy atom. The van der Waals surface area contributed by atoms with Crippen molar-refractivity contribution in [1.82, 2.24) is 10.8 Å². The molecule has 0 aliphatic rings. The number of fused-ring (bicyclic) bond motifs is 1. The molecule has 1 heterocycles. The van der Waals surface area contributed by atoms with E-state index in [1.807, 2.05) is 6.07 Å². The van der Waals surface area contributed by atoms with E-state index in [1.54, 1.807) is 11.5 Å². The van der Waals surface area contributed by atoms with Crippen LogP contribution >= 0.6 is 27.3 Å². The van der Waals surface area contributed by atoms with Crippen LogP contribution in [-0.2, 0) is 6.42 Å². The predicted octanol–water partition coefficient (Wildman–Crippen LogP) is 4.68. The van der Waals surface area contributed by atoms with E-state index in [2.05, 4.69) is 64.6 Å². The number of hydrogen-bond acceptors (Lipinski definition) is 4. The van der Waals surface area contributed by atoms with Crippen molar-refractivity contribution in [2.45, 2.75) is 19.4 Å². The second kappa shape index (κ2) is 8.10. The summed E-state index contributed by atoms with van der Waals surface area (Å²) < 4.78 is 2.13. The van der Waals surface area contributed by atoms with Gasteiger partial charge >= 0.3 is 0 Å². The molecule has 0 spiro atoms. The maximum absolute atomic E-state index is 11.5. The largest absolute Gasteiger partial charge is 0.310 e. The van der Waals surface area contributed by atoms with Gasteiger partial charge in [-0.1, -0.05) is 40.2 Å². The van der Waals surface area contributed by atoms with E-state index in [1.165, 1.54) is 22.5 Å². The fourth-order valence-corrected chi connectivity index (χ4v) is 3.95. The van der Waals surface area contributed by atoms with Gasteiger partial charge in [-0.3, -0.25) is 10.0 Å². The quantitative estimate of drug-likeness (QED) is 0.402. The molecule has 3 N–H and O–H groups in total. The third-order valence-electron chi connectivity index (χ3n) is 4.15. The first-order valence-corrected chi connectivity index (χ1v) is 9.63.